The van der Waals surface area contributed by atoms with Crippen molar-refractivity contribution in [3.63, 3.8) is 0 Å². The number of nitrogens with zero attached hydrogens (tertiary/aromatic N) is 2. The molecule has 0 aliphatic carbocycles. The molecule has 8 heteroatoms. The predicted octanol–water partition coefficient (Wildman–Crippen LogP) is 0.426. The van der Waals surface area contributed by atoms with Gasteiger partial charge in [-0.25, -0.2) is 0 Å². The smallest absolute Gasteiger partial charge is 0.262 e. The van der Waals surface area contributed by atoms with Crippen LogP contribution in [0.15, 0.2) is 24.3 Å². The topological polar surface area (TPSA) is 96.0 Å². The van der Waals surface area contributed by atoms with Gasteiger partial charge in [0.15, 0.2) is 0 Å². The summed E-state index contributed by atoms with van der Waals surface area (Å²) >= 11 is 0. The molecule has 1 aromatic carbocycles. The molecule has 0 aromatic heterocycles. The van der Waals surface area contributed by atoms with E-state index in [1.54, 1.807) is 36.3 Å². The number of benzene rings is 1. The lowest BCUT2D eigenvalue weighted by Crippen LogP contribution is -2.49. The van der Waals surface area contributed by atoms with E-state index >= 15 is 0 Å². The molecular formula is C19H23N3O5. The molecule has 2 aliphatic heterocycles. The Bertz CT molecular complexity index is 720. The van der Waals surface area contributed by atoms with Crippen molar-refractivity contribution in [1.29, 1.82) is 0 Å². The van der Waals surface area contributed by atoms with Crippen LogP contribution < -0.4 is 5.32 Å². The summed E-state index contributed by atoms with van der Waals surface area (Å²) in [5.74, 6) is -1.17. The number of fused-ring (bicyclic) bond motifs is 1. The maximum absolute atomic E-state index is 12.5. The zero-order chi connectivity index (χ0) is 19.4. The standard InChI is InChI=1S/C19H23N3O5/c1-27-11-8-16(23)20-13-6-9-21(10-7-13)17(24)12-22-18(25)14-4-2-3-5-15(14)19(22)26/h2-5,13H,6-12H2,1H3,(H,20,23). The number of ether oxygens (including phenoxy) is 1. The molecule has 0 saturated carbocycles. The van der Waals surface area contributed by atoms with Crippen molar-refractivity contribution >= 4 is 23.6 Å². The molecule has 3 rings (SSSR count). The van der Waals surface area contributed by atoms with Gasteiger partial charge in [0.25, 0.3) is 11.8 Å². The van der Waals surface area contributed by atoms with Crippen molar-refractivity contribution in [2.75, 3.05) is 33.4 Å². The normalized spacial score (nSPS) is 17.2. The lowest BCUT2D eigenvalue weighted by atomic mass is 10.0. The van der Waals surface area contributed by atoms with Crippen molar-refractivity contribution in [3.05, 3.63) is 35.4 Å². The summed E-state index contributed by atoms with van der Waals surface area (Å²) in [5.41, 5.74) is 0.681. The highest BCUT2D eigenvalue weighted by atomic mass is 16.5. The molecule has 4 amide bonds. The minimum Gasteiger partial charge on any atom is -0.384 e. The lowest BCUT2D eigenvalue weighted by Gasteiger charge is -2.33. The first kappa shape index (κ1) is 19.0. The second-order valence-corrected chi connectivity index (χ2v) is 6.71. The lowest BCUT2D eigenvalue weighted by molar-refractivity contribution is -0.132. The quantitative estimate of drug-likeness (QED) is 0.730. The largest absolute Gasteiger partial charge is 0.384 e. The van der Waals surface area contributed by atoms with Gasteiger partial charge in [-0.05, 0) is 25.0 Å². The molecule has 0 spiro atoms. The van der Waals surface area contributed by atoms with Gasteiger partial charge in [-0.15, -0.1) is 0 Å². The van der Waals surface area contributed by atoms with Crippen LogP contribution in [0.5, 0.6) is 0 Å². The Morgan fingerprint density at radius 2 is 1.70 bits per heavy atom. The number of piperidine rings is 1. The summed E-state index contributed by atoms with van der Waals surface area (Å²) in [4.78, 5) is 51.7. The van der Waals surface area contributed by atoms with Crippen molar-refractivity contribution in [2.45, 2.75) is 25.3 Å². The molecule has 0 atom stereocenters. The van der Waals surface area contributed by atoms with E-state index < -0.39 is 11.8 Å². The summed E-state index contributed by atoms with van der Waals surface area (Å²) in [6, 6.07) is 6.61. The van der Waals surface area contributed by atoms with Crippen molar-refractivity contribution in [1.82, 2.24) is 15.1 Å². The van der Waals surface area contributed by atoms with E-state index in [-0.39, 0.29) is 24.4 Å². The molecule has 1 N–H and O–H groups in total. The van der Waals surface area contributed by atoms with E-state index in [1.165, 1.54) is 0 Å². The molecule has 1 fully saturated rings. The highest BCUT2D eigenvalue weighted by molar-refractivity contribution is 6.22. The summed E-state index contributed by atoms with van der Waals surface area (Å²) in [6.07, 6.45) is 1.61. The van der Waals surface area contributed by atoms with Crippen LogP contribution in [0.25, 0.3) is 0 Å². The minimum atomic E-state index is -0.427. The number of carbonyl (C=O) groups is 4. The molecular weight excluding hydrogens is 350 g/mol. The fourth-order valence-corrected chi connectivity index (χ4v) is 3.39. The number of hydrogen-bond donors (Lipinski definition) is 1. The number of nitrogens with one attached hydrogen (secondary N) is 1. The third-order valence-corrected chi connectivity index (χ3v) is 4.92. The fourth-order valence-electron chi connectivity index (χ4n) is 3.39. The average Bonchev–Trinajstić information content (AvgIpc) is 2.92. The van der Waals surface area contributed by atoms with Gasteiger partial charge in [0.05, 0.1) is 17.7 Å². The summed E-state index contributed by atoms with van der Waals surface area (Å²) < 4.78 is 4.88. The zero-order valence-corrected chi connectivity index (χ0v) is 15.3. The summed E-state index contributed by atoms with van der Waals surface area (Å²) in [5, 5.41) is 2.94. The highest BCUT2D eigenvalue weighted by Crippen LogP contribution is 2.22. The van der Waals surface area contributed by atoms with Crippen LogP contribution in [-0.2, 0) is 14.3 Å². The van der Waals surface area contributed by atoms with Crippen LogP contribution in [0.3, 0.4) is 0 Å². The minimum absolute atomic E-state index is 0.0257. The molecule has 8 nitrogen and oxygen atoms in total. The number of rotatable bonds is 6. The van der Waals surface area contributed by atoms with E-state index in [9.17, 15) is 19.2 Å². The van der Waals surface area contributed by atoms with E-state index in [4.69, 9.17) is 4.74 Å². The first-order chi connectivity index (χ1) is 13.0. The first-order valence-electron chi connectivity index (χ1n) is 9.02. The summed E-state index contributed by atoms with van der Waals surface area (Å²) in [6.45, 7) is 1.09. The van der Waals surface area contributed by atoms with Gasteiger partial charge in [-0.2, -0.15) is 0 Å². The maximum Gasteiger partial charge on any atom is 0.262 e. The molecule has 1 aromatic rings. The second kappa shape index (κ2) is 8.30. The molecule has 144 valence electrons. The van der Waals surface area contributed by atoms with Gasteiger partial charge in [0, 0.05) is 32.7 Å². The fraction of sp³-hybridized carbons (Fsp3) is 0.474. The van der Waals surface area contributed by atoms with E-state index in [1.807, 2.05) is 0 Å². The van der Waals surface area contributed by atoms with E-state index in [0.29, 0.717) is 50.1 Å². The molecule has 1 saturated heterocycles. The first-order valence-corrected chi connectivity index (χ1v) is 9.02. The predicted molar refractivity (Wildman–Crippen MR) is 96.0 cm³/mol. The number of methoxy groups -OCH3 is 1. The molecule has 2 heterocycles. The molecule has 0 radical (unpaired) electrons. The van der Waals surface area contributed by atoms with Gasteiger partial charge in [-0.1, -0.05) is 12.1 Å². The maximum atomic E-state index is 12.5. The molecule has 0 bridgehead atoms. The zero-order valence-electron chi connectivity index (χ0n) is 15.3. The number of likely N-dealkylation sites (tertiary alicyclic amines) is 1. The van der Waals surface area contributed by atoms with Crippen LogP contribution in [0, 0.1) is 0 Å². The Morgan fingerprint density at radius 1 is 1.11 bits per heavy atom. The highest BCUT2D eigenvalue weighted by Gasteiger charge is 2.37. The van der Waals surface area contributed by atoms with Crippen LogP contribution in [-0.4, -0.2) is 72.8 Å². The number of amides is 4. The van der Waals surface area contributed by atoms with Gasteiger partial charge in [-0.3, -0.25) is 24.1 Å². The summed E-state index contributed by atoms with van der Waals surface area (Å²) in [7, 11) is 1.55. The van der Waals surface area contributed by atoms with Crippen molar-refractivity contribution < 1.29 is 23.9 Å². The molecule has 27 heavy (non-hydrogen) atoms. The van der Waals surface area contributed by atoms with Crippen molar-refractivity contribution in [2.24, 2.45) is 0 Å². The van der Waals surface area contributed by atoms with Crippen LogP contribution in [0.2, 0.25) is 0 Å². The van der Waals surface area contributed by atoms with Crippen LogP contribution in [0.4, 0.5) is 0 Å². The van der Waals surface area contributed by atoms with Crippen LogP contribution in [0.1, 0.15) is 40.0 Å². The number of imide groups is 1. The van der Waals surface area contributed by atoms with Gasteiger partial charge in [0.1, 0.15) is 6.54 Å². The van der Waals surface area contributed by atoms with Gasteiger partial charge < -0.3 is 15.0 Å². The Labute approximate surface area is 157 Å². The second-order valence-electron chi connectivity index (χ2n) is 6.71. The monoisotopic (exact) mass is 373 g/mol. The Morgan fingerprint density at radius 3 is 2.26 bits per heavy atom. The SMILES string of the molecule is COCCC(=O)NC1CCN(C(=O)CN2C(=O)c3ccccc3C2=O)CC1. The number of hydrogen-bond acceptors (Lipinski definition) is 5. The van der Waals surface area contributed by atoms with Gasteiger partial charge >= 0.3 is 0 Å². The third-order valence-electron chi connectivity index (χ3n) is 4.92. The Kier molecular flexibility index (Phi) is 5.85. The third kappa shape index (κ3) is 4.16. The van der Waals surface area contributed by atoms with Crippen LogP contribution >= 0.6 is 0 Å². The average molecular weight is 373 g/mol. The molecule has 2 aliphatic rings. The van der Waals surface area contributed by atoms with E-state index in [2.05, 4.69) is 5.32 Å². The number of carbonyl (C=O) groups excluding carboxylic acids is 4. The Balaban J connectivity index is 1.50. The van der Waals surface area contributed by atoms with Gasteiger partial charge in [0.2, 0.25) is 11.8 Å². The van der Waals surface area contributed by atoms with Crippen molar-refractivity contribution in [3.8, 4) is 0 Å². The van der Waals surface area contributed by atoms with E-state index in [0.717, 1.165) is 4.90 Å². The Hall–Kier alpha value is -2.74. The molecule has 0 unspecified atom stereocenters.